The molecule has 0 aliphatic heterocycles. The van der Waals surface area contributed by atoms with Crippen molar-refractivity contribution in [3.63, 3.8) is 0 Å². The first kappa shape index (κ1) is 13.3. The van der Waals surface area contributed by atoms with Gasteiger partial charge >= 0.3 is 5.97 Å². The second kappa shape index (κ2) is 5.56. The van der Waals surface area contributed by atoms with Crippen LogP contribution in [0.5, 0.6) is 5.88 Å². The molecule has 0 saturated heterocycles. The van der Waals surface area contributed by atoms with E-state index in [1.807, 2.05) is 0 Å². The zero-order chi connectivity index (χ0) is 13.0. The van der Waals surface area contributed by atoms with Crippen LogP contribution in [0.1, 0.15) is 34.8 Å². The first-order valence-electron chi connectivity index (χ1n) is 5.01. The molecule has 0 bridgehead atoms. The highest BCUT2D eigenvalue weighted by atomic mass is 19.3. The third-order valence-electron chi connectivity index (χ3n) is 2.23. The fraction of sp³-hybridized carbons (Fsp3) is 0.455. The number of carbonyl (C=O) groups excluding carboxylic acids is 1. The van der Waals surface area contributed by atoms with Crippen molar-refractivity contribution < 1.29 is 23.0 Å². The summed E-state index contributed by atoms with van der Waals surface area (Å²) in [5.74, 6) is -0.727. The lowest BCUT2D eigenvalue weighted by molar-refractivity contribution is 0.0514. The second-order valence-electron chi connectivity index (χ2n) is 3.24. The van der Waals surface area contributed by atoms with Crippen LogP contribution in [0.4, 0.5) is 8.78 Å². The summed E-state index contributed by atoms with van der Waals surface area (Å²) < 4.78 is 35.4. The Morgan fingerprint density at radius 2 is 2.18 bits per heavy atom. The van der Waals surface area contributed by atoms with Crippen LogP contribution in [0, 0.1) is 6.92 Å². The van der Waals surface area contributed by atoms with E-state index < -0.39 is 18.0 Å². The number of aromatic nitrogens is 1. The Labute approximate surface area is 97.6 Å². The van der Waals surface area contributed by atoms with Crippen molar-refractivity contribution in [2.75, 3.05) is 13.7 Å². The number of ether oxygens (including phenoxy) is 2. The highest BCUT2D eigenvalue weighted by molar-refractivity contribution is 5.91. The molecule has 0 N–H and O–H groups in total. The lowest BCUT2D eigenvalue weighted by atomic mass is 10.1. The van der Waals surface area contributed by atoms with Crippen molar-refractivity contribution in [3.05, 3.63) is 22.9 Å². The molecular formula is C11H13F2NO3. The van der Waals surface area contributed by atoms with E-state index >= 15 is 0 Å². The van der Waals surface area contributed by atoms with Gasteiger partial charge in [0.25, 0.3) is 6.43 Å². The number of methoxy groups -OCH3 is 1. The van der Waals surface area contributed by atoms with Gasteiger partial charge in [-0.05, 0) is 13.8 Å². The number of rotatable bonds is 4. The Bertz CT molecular complexity index is 421. The maximum absolute atomic E-state index is 12.9. The summed E-state index contributed by atoms with van der Waals surface area (Å²) in [6.45, 7) is 3.15. The normalized spacial score (nSPS) is 10.5. The molecule has 0 atom stereocenters. The molecule has 0 aliphatic rings. The summed E-state index contributed by atoms with van der Waals surface area (Å²) in [7, 11) is 1.33. The highest BCUT2D eigenvalue weighted by Gasteiger charge is 2.24. The number of halogens is 2. The van der Waals surface area contributed by atoms with E-state index in [1.165, 1.54) is 14.0 Å². The van der Waals surface area contributed by atoms with Crippen LogP contribution < -0.4 is 4.74 Å². The molecule has 4 nitrogen and oxygen atoms in total. The van der Waals surface area contributed by atoms with Gasteiger partial charge in [-0.3, -0.25) is 0 Å². The fourth-order valence-electron chi connectivity index (χ4n) is 1.47. The zero-order valence-electron chi connectivity index (χ0n) is 9.79. The van der Waals surface area contributed by atoms with Gasteiger partial charge in [-0.15, -0.1) is 0 Å². The van der Waals surface area contributed by atoms with Gasteiger partial charge in [0, 0.05) is 17.3 Å². The van der Waals surface area contributed by atoms with Crippen LogP contribution in [-0.2, 0) is 4.74 Å². The summed E-state index contributed by atoms with van der Waals surface area (Å²) in [4.78, 5) is 15.3. The average Bonchev–Trinajstić information content (AvgIpc) is 2.28. The number of pyridine rings is 1. The SMILES string of the molecule is CCOC(=O)c1cnc(OC)c(C)c1C(F)F. The third-order valence-corrected chi connectivity index (χ3v) is 2.23. The molecule has 0 fully saturated rings. The molecular weight excluding hydrogens is 232 g/mol. The minimum atomic E-state index is -2.79. The van der Waals surface area contributed by atoms with E-state index in [0.29, 0.717) is 0 Å². The first-order chi connectivity index (χ1) is 8.02. The number of hydrogen-bond acceptors (Lipinski definition) is 4. The van der Waals surface area contributed by atoms with Crippen LogP contribution in [0.15, 0.2) is 6.20 Å². The third kappa shape index (κ3) is 2.69. The summed E-state index contributed by atoms with van der Waals surface area (Å²) in [6.07, 6.45) is -1.74. The zero-order valence-corrected chi connectivity index (χ0v) is 9.79. The summed E-state index contributed by atoms with van der Waals surface area (Å²) >= 11 is 0. The molecule has 0 spiro atoms. The predicted molar refractivity (Wildman–Crippen MR) is 56.4 cm³/mol. The van der Waals surface area contributed by atoms with Crippen LogP contribution in [0.2, 0.25) is 0 Å². The minimum absolute atomic E-state index is 0.0772. The molecule has 6 heteroatoms. The number of nitrogens with zero attached hydrogens (tertiary/aromatic N) is 1. The quantitative estimate of drug-likeness (QED) is 0.765. The molecule has 1 rings (SSSR count). The van der Waals surface area contributed by atoms with E-state index in [2.05, 4.69) is 4.98 Å². The maximum atomic E-state index is 12.9. The molecule has 0 saturated carbocycles. The van der Waals surface area contributed by atoms with E-state index in [0.717, 1.165) is 6.20 Å². The Hall–Kier alpha value is -1.72. The van der Waals surface area contributed by atoms with Crippen molar-refractivity contribution in [2.45, 2.75) is 20.3 Å². The summed E-state index contributed by atoms with van der Waals surface area (Å²) in [5, 5.41) is 0. The van der Waals surface area contributed by atoms with Crippen LogP contribution in [-0.4, -0.2) is 24.7 Å². The molecule has 0 amide bonds. The lowest BCUT2D eigenvalue weighted by Crippen LogP contribution is -2.11. The van der Waals surface area contributed by atoms with Gasteiger partial charge in [-0.2, -0.15) is 0 Å². The standard InChI is InChI=1S/C11H13F2NO3/c1-4-17-11(15)7-5-14-10(16-3)6(2)8(7)9(12)13/h5,9H,4H2,1-3H3. The Kier molecular flexibility index (Phi) is 4.37. The average molecular weight is 245 g/mol. The van der Waals surface area contributed by atoms with Gasteiger partial charge in [0.2, 0.25) is 5.88 Å². The van der Waals surface area contributed by atoms with Crippen molar-refractivity contribution in [1.82, 2.24) is 4.98 Å². The van der Waals surface area contributed by atoms with Gasteiger partial charge in [-0.25, -0.2) is 18.6 Å². The lowest BCUT2D eigenvalue weighted by Gasteiger charge is -2.13. The molecule has 1 heterocycles. The van der Waals surface area contributed by atoms with Crippen molar-refractivity contribution >= 4 is 5.97 Å². The Morgan fingerprint density at radius 3 is 2.65 bits per heavy atom. The van der Waals surface area contributed by atoms with E-state index in [1.54, 1.807) is 6.92 Å². The van der Waals surface area contributed by atoms with Crippen LogP contribution in [0.3, 0.4) is 0 Å². The summed E-state index contributed by atoms with van der Waals surface area (Å²) in [6, 6.07) is 0. The van der Waals surface area contributed by atoms with Crippen molar-refractivity contribution in [3.8, 4) is 5.88 Å². The first-order valence-corrected chi connectivity index (χ1v) is 5.01. The van der Waals surface area contributed by atoms with Gasteiger partial charge in [0.05, 0.1) is 19.3 Å². The molecule has 1 aromatic rings. The number of alkyl halides is 2. The number of esters is 1. The van der Waals surface area contributed by atoms with E-state index in [-0.39, 0.29) is 23.6 Å². The smallest absolute Gasteiger partial charge is 0.340 e. The molecule has 0 aliphatic carbocycles. The molecule has 0 radical (unpaired) electrons. The van der Waals surface area contributed by atoms with Gasteiger partial charge in [-0.1, -0.05) is 0 Å². The van der Waals surface area contributed by atoms with E-state index in [9.17, 15) is 13.6 Å². The molecule has 1 aromatic heterocycles. The van der Waals surface area contributed by atoms with Gasteiger partial charge in [0.1, 0.15) is 0 Å². The summed E-state index contributed by atoms with van der Waals surface area (Å²) in [5.41, 5.74) is -0.469. The highest BCUT2D eigenvalue weighted by Crippen LogP contribution is 2.30. The van der Waals surface area contributed by atoms with Crippen LogP contribution >= 0.6 is 0 Å². The second-order valence-corrected chi connectivity index (χ2v) is 3.24. The minimum Gasteiger partial charge on any atom is -0.481 e. The monoisotopic (exact) mass is 245 g/mol. The van der Waals surface area contributed by atoms with E-state index in [4.69, 9.17) is 9.47 Å². The topological polar surface area (TPSA) is 48.4 Å². The van der Waals surface area contributed by atoms with Gasteiger partial charge < -0.3 is 9.47 Å². The molecule has 94 valence electrons. The Balaban J connectivity index is 3.31. The van der Waals surface area contributed by atoms with Crippen LogP contribution in [0.25, 0.3) is 0 Å². The maximum Gasteiger partial charge on any atom is 0.340 e. The predicted octanol–water partition coefficient (Wildman–Crippen LogP) is 2.51. The number of hydrogen-bond donors (Lipinski definition) is 0. The largest absolute Gasteiger partial charge is 0.481 e. The number of carbonyl (C=O) groups is 1. The van der Waals surface area contributed by atoms with Crippen molar-refractivity contribution in [2.24, 2.45) is 0 Å². The van der Waals surface area contributed by atoms with Gasteiger partial charge in [0.15, 0.2) is 0 Å². The molecule has 0 aromatic carbocycles. The molecule has 0 unspecified atom stereocenters. The molecule has 17 heavy (non-hydrogen) atoms. The van der Waals surface area contributed by atoms with Crippen molar-refractivity contribution in [1.29, 1.82) is 0 Å². The fourth-order valence-corrected chi connectivity index (χ4v) is 1.47. The Morgan fingerprint density at radius 1 is 1.53 bits per heavy atom.